The fourth-order valence-electron chi connectivity index (χ4n) is 2.23. The first-order valence-corrected chi connectivity index (χ1v) is 10.1. The molecule has 1 unspecified atom stereocenters. The van der Waals surface area contributed by atoms with Gasteiger partial charge in [-0.2, -0.15) is 0 Å². The number of piperidine rings is 1. The summed E-state index contributed by atoms with van der Waals surface area (Å²) in [7, 11) is -3.18. The van der Waals surface area contributed by atoms with Crippen molar-refractivity contribution in [2.24, 2.45) is 0 Å². The number of aromatic nitrogens is 2. The van der Waals surface area contributed by atoms with Crippen LogP contribution in [0.1, 0.15) is 12.8 Å². The van der Waals surface area contributed by atoms with E-state index in [2.05, 4.69) is 35.5 Å². The van der Waals surface area contributed by atoms with Gasteiger partial charge in [-0.25, -0.2) is 23.1 Å². The largest absolute Gasteiger partial charge is 0.354 e. The Morgan fingerprint density at radius 1 is 1.55 bits per heavy atom. The van der Waals surface area contributed by atoms with E-state index < -0.39 is 10.0 Å². The van der Waals surface area contributed by atoms with E-state index in [4.69, 9.17) is 0 Å². The smallest absolute Gasteiger partial charge is 0.209 e. The lowest BCUT2D eigenvalue weighted by atomic mass is 10.1. The Morgan fingerprint density at radius 2 is 2.30 bits per heavy atom. The standard InChI is InChI=1S/C11H17BrN4O2S2/c1-19-11-13-6-9(12)10(14-11)16-5-3-4-8(7-16)15-20(2,17)18/h6,8,15H,3-5,7H2,1-2H3. The summed E-state index contributed by atoms with van der Waals surface area (Å²) in [5.74, 6) is 0.823. The van der Waals surface area contributed by atoms with Crippen LogP contribution in [0.15, 0.2) is 15.8 Å². The number of rotatable bonds is 4. The maximum Gasteiger partial charge on any atom is 0.209 e. The van der Waals surface area contributed by atoms with Crippen molar-refractivity contribution < 1.29 is 8.42 Å². The van der Waals surface area contributed by atoms with Gasteiger partial charge in [0.2, 0.25) is 10.0 Å². The number of sulfonamides is 1. The SMILES string of the molecule is CSc1ncc(Br)c(N2CCCC(NS(C)(=O)=O)C2)n1. The second kappa shape index (κ2) is 6.59. The fourth-order valence-corrected chi connectivity index (χ4v) is 3.81. The van der Waals surface area contributed by atoms with E-state index in [1.165, 1.54) is 18.0 Å². The predicted molar refractivity (Wildman–Crippen MR) is 84.7 cm³/mol. The van der Waals surface area contributed by atoms with Crippen LogP contribution in [0, 0.1) is 0 Å². The number of nitrogens with one attached hydrogen (secondary N) is 1. The third kappa shape index (κ3) is 4.31. The molecule has 2 rings (SSSR count). The minimum Gasteiger partial charge on any atom is -0.354 e. The predicted octanol–water partition coefficient (Wildman–Crippen LogP) is 1.48. The van der Waals surface area contributed by atoms with Crippen LogP contribution in [0.2, 0.25) is 0 Å². The molecule has 1 aliphatic rings. The van der Waals surface area contributed by atoms with Crippen molar-refractivity contribution in [3.63, 3.8) is 0 Å². The van der Waals surface area contributed by atoms with E-state index in [1.807, 2.05) is 6.26 Å². The molecule has 0 radical (unpaired) electrons. The van der Waals surface area contributed by atoms with E-state index in [-0.39, 0.29) is 6.04 Å². The van der Waals surface area contributed by atoms with Gasteiger partial charge in [0, 0.05) is 25.3 Å². The molecule has 112 valence electrons. The number of nitrogens with zero attached hydrogens (tertiary/aromatic N) is 3. The average Bonchev–Trinajstić information content (AvgIpc) is 2.37. The van der Waals surface area contributed by atoms with E-state index in [9.17, 15) is 8.42 Å². The van der Waals surface area contributed by atoms with E-state index in [0.717, 1.165) is 29.7 Å². The first-order chi connectivity index (χ1) is 9.39. The maximum absolute atomic E-state index is 11.3. The molecule has 1 fully saturated rings. The van der Waals surface area contributed by atoms with Crippen LogP contribution in [-0.4, -0.2) is 50.0 Å². The maximum atomic E-state index is 11.3. The number of anilines is 1. The van der Waals surface area contributed by atoms with Crippen LogP contribution in [-0.2, 0) is 10.0 Å². The van der Waals surface area contributed by atoms with E-state index in [0.29, 0.717) is 11.7 Å². The van der Waals surface area contributed by atoms with Gasteiger partial charge in [0.15, 0.2) is 5.16 Å². The van der Waals surface area contributed by atoms with Gasteiger partial charge in [-0.05, 0) is 35.0 Å². The molecule has 1 N–H and O–H groups in total. The highest BCUT2D eigenvalue weighted by Crippen LogP contribution is 2.27. The highest BCUT2D eigenvalue weighted by molar-refractivity contribution is 9.10. The van der Waals surface area contributed by atoms with Crippen molar-refractivity contribution in [2.45, 2.75) is 24.0 Å². The Hall–Kier alpha value is -0.380. The lowest BCUT2D eigenvalue weighted by molar-refractivity contribution is 0.464. The summed E-state index contributed by atoms with van der Waals surface area (Å²) < 4.78 is 26.2. The van der Waals surface area contributed by atoms with Crippen molar-refractivity contribution in [2.75, 3.05) is 30.5 Å². The molecule has 0 spiro atoms. The van der Waals surface area contributed by atoms with E-state index in [1.54, 1.807) is 6.20 Å². The number of halogens is 1. The van der Waals surface area contributed by atoms with Crippen LogP contribution < -0.4 is 9.62 Å². The van der Waals surface area contributed by atoms with Gasteiger partial charge in [0.25, 0.3) is 0 Å². The quantitative estimate of drug-likeness (QED) is 0.629. The molecule has 20 heavy (non-hydrogen) atoms. The van der Waals surface area contributed by atoms with Crippen LogP contribution in [0.3, 0.4) is 0 Å². The monoisotopic (exact) mass is 380 g/mol. The molecular weight excluding hydrogens is 364 g/mol. The molecular formula is C11H17BrN4O2S2. The van der Waals surface area contributed by atoms with Crippen molar-refractivity contribution in [3.8, 4) is 0 Å². The van der Waals surface area contributed by atoms with Crippen molar-refractivity contribution in [1.82, 2.24) is 14.7 Å². The summed E-state index contributed by atoms with van der Waals surface area (Å²) in [6, 6.07) is -0.0710. The summed E-state index contributed by atoms with van der Waals surface area (Å²) in [6.45, 7) is 1.49. The number of thioether (sulfide) groups is 1. The number of hydrogen-bond donors (Lipinski definition) is 1. The van der Waals surface area contributed by atoms with Crippen LogP contribution in [0.4, 0.5) is 5.82 Å². The van der Waals surface area contributed by atoms with Gasteiger partial charge in [0.1, 0.15) is 5.82 Å². The molecule has 1 aromatic heterocycles. The molecule has 1 saturated heterocycles. The second-order valence-corrected chi connectivity index (χ2v) is 8.11. The fraction of sp³-hybridized carbons (Fsp3) is 0.636. The topological polar surface area (TPSA) is 75.2 Å². The first-order valence-electron chi connectivity index (χ1n) is 6.18. The molecule has 0 aromatic carbocycles. The molecule has 1 aromatic rings. The Kier molecular flexibility index (Phi) is 5.27. The van der Waals surface area contributed by atoms with Crippen LogP contribution in [0.25, 0.3) is 0 Å². The van der Waals surface area contributed by atoms with Crippen LogP contribution in [0.5, 0.6) is 0 Å². The highest BCUT2D eigenvalue weighted by Gasteiger charge is 2.24. The van der Waals surface area contributed by atoms with Crippen molar-refractivity contribution >= 4 is 43.5 Å². The second-order valence-electron chi connectivity index (χ2n) is 4.70. The van der Waals surface area contributed by atoms with Gasteiger partial charge in [-0.1, -0.05) is 11.8 Å². The summed E-state index contributed by atoms with van der Waals surface area (Å²) in [6.07, 6.45) is 6.64. The summed E-state index contributed by atoms with van der Waals surface area (Å²) in [4.78, 5) is 10.8. The van der Waals surface area contributed by atoms with Crippen molar-refractivity contribution in [3.05, 3.63) is 10.7 Å². The zero-order chi connectivity index (χ0) is 14.8. The zero-order valence-corrected chi connectivity index (χ0v) is 14.6. The third-order valence-electron chi connectivity index (χ3n) is 2.99. The normalized spacial score (nSPS) is 20.1. The Bertz CT molecular complexity index is 582. The lowest BCUT2D eigenvalue weighted by Gasteiger charge is -2.34. The van der Waals surface area contributed by atoms with E-state index >= 15 is 0 Å². The molecule has 0 amide bonds. The summed E-state index contributed by atoms with van der Waals surface area (Å²) >= 11 is 4.95. The Balaban J connectivity index is 2.16. The minimum atomic E-state index is -3.18. The van der Waals surface area contributed by atoms with Gasteiger partial charge >= 0.3 is 0 Å². The van der Waals surface area contributed by atoms with Gasteiger partial charge < -0.3 is 4.90 Å². The summed E-state index contributed by atoms with van der Waals surface area (Å²) in [5, 5.41) is 0.710. The van der Waals surface area contributed by atoms with Crippen LogP contribution >= 0.6 is 27.7 Å². The highest BCUT2D eigenvalue weighted by atomic mass is 79.9. The third-order valence-corrected chi connectivity index (χ3v) is 4.87. The summed E-state index contributed by atoms with van der Waals surface area (Å²) in [5.41, 5.74) is 0. The number of hydrogen-bond acceptors (Lipinski definition) is 6. The van der Waals surface area contributed by atoms with Gasteiger partial charge in [-0.3, -0.25) is 0 Å². The molecule has 0 aliphatic carbocycles. The lowest BCUT2D eigenvalue weighted by Crippen LogP contribution is -2.47. The molecule has 2 heterocycles. The van der Waals surface area contributed by atoms with Gasteiger partial charge in [-0.15, -0.1) is 0 Å². The van der Waals surface area contributed by atoms with Crippen molar-refractivity contribution in [1.29, 1.82) is 0 Å². The minimum absolute atomic E-state index is 0.0710. The Morgan fingerprint density at radius 3 is 2.95 bits per heavy atom. The molecule has 6 nitrogen and oxygen atoms in total. The molecule has 1 atom stereocenters. The van der Waals surface area contributed by atoms with Gasteiger partial charge in [0.05, 0.1) is 10.7 Å². The first kappa shape index (κ1) is 16.0. The average molecular weight is 381 g/mol. The molecule has 0 saturated carbocycles. The molecule has 9 heteroatoms. The molecule has 0 bridgehead atoms. The Labute approximate surface area is 131 Å². The molecule has 1 aliphatic heterocycles. The zero-order valence-electron chi connectivity index (χ0n) is 11.3.